The summed E-state index contributed by atoms with van der Waals surface area (Å²) in [5, 5.41) is 2.75. The smallest absolute Gasteiger partial charge is 0.332 e. The molecule has 2 aromatic rings. The van der Waals surface area contributed by atoms with Gasteiger partial charge in [0, 0.05) is 25.2 Å². The fourth-order valence-corrected chi connectivity index (χ4v) is 3.31. The van der Waals surface area contributed by atoms with E-state index in [-0.39, 0.29) is 0 Å². The van der Waals surface area contributed by atoms with E-state index in [0.29, 0.717) is 17.8 Å². The molecule has 150 valence electrons. The molecule has 0 fully saturated rings. The number of rotatable bonds is 7. The second-order valence-corrected chi connectivity index (χ2v) is 6.84. The number of esters is 1. The highest BCUT2D eigenvalue weighted by Gasteiger charge is 2.58. The molecule has 1 aliphatic rings. The second-order valence-electron chi connectivity index (χ2n) is 6.84. The molecule has 0 aromatic heterocycles. The van der Waals surface area contributed by atoms with Gasteiger partial charge in [-0.3, -0.25) is 9.59 Å². The molecule has 6 heteroatoms. The average molecular weight is 392 g/mol. The Kier molecular flexibility index (Phi) is 6.12. The Morgan fingerprint density at radius 1 is 1.10 bits per heavy atom. The number of nitrogens with one attached hydrogen (secondary N) is 1. The minimum Gasteiger partial charge on any atom is -0.430 e. The average Bonchev–Trinajstić information content (AvgIpc) is 2.96. The van der Waals surface area contributed by atoms with Crippen LogP contribution in [0.1, 0.15) is 30.9 Å². The van der Waals surface area contributed by atoms with Gasteiger partial charge in [-0.25, -0.2) is 4.79 Å². The summed E-state index contributed by atoms with van der Waals surface area (Å²) in [7, 11) is 1.57. The maximum absolute atomic E-state index is 13.1. The number of hydrogen-bond donors (Lipinski definition) is 1. The fourth-order valence-electron chi connectivity index (χ4n) is 3.31. The molecule has 2 amide bonds. The van der Waals surface area contributed by atoms with Gasteiger partial charge in [0.05, 0.1) is 5.69 Å². The van der Waals surface area contributed by atoms with Gasteiger partial charge in [0.25, 0.3) is 17.4 Å². The van der Waals surface area contributed by atoms with Gasteiger partial charge in [-0.15, -0.1) is 0 Å². The van der Waals surface area contributed by atoms with Crippen LogP contribution in [0.5, 0.6) is 0 Å². The van der Waals surface area contributed by atoms with Gasteiger partial charge >= 0.3 is 5.97 Å². The summed E-state index contributed by atoms with van der Waals surface area (Å²) in [6, 6.07) is 16.1. The maximum Gasteiger partial charge on any atom is 0.332 e. The first-order valence-corrected chi connectivity index (χ1v) is 9.62. The van der Waals surface area contributed by atoms with E-state index in [4.69, 9.17) is 4.74 Å². The van der Waals surface area contributed by atoms with Crippen molar-refractivity contribution in [1.29, 1.82) is 0 Å². The van der Waals surface area contributed by atoms with E-state index in [2.05, 4.69) is 5.32 Å². The predicted molar refractivity (Wildman–Crippen MR) is 111 cm³/mol. The number of hydrogen-bond acceptors (Lipinski definition) is 4. The van der Waals surface area contributed by atoms with Crippen molar-refractivity contribution in [3.63, 3.8) is 0 Å². The third-order valence-electron chi connectivity index (χ3n) is 4.85. The summed E-state index contributed by atoms with van der Waals surface area (Å²) in [5.74, 6) is -1.98. The standard InChI is InChI=1S/C23H24N2O4/c1-3-4-16-24-21(27)23(18-12-8-9-13-19(18)25(2)22(23)28)29-20(26)15-14-17-10-6-5-7-11-17/h5-15H,3-4,16H2,1-2H3,(H,24,27)/b15-14+. The van der Waals surface area contributed by atoms with Crippen molar-refractivity contribution < 1.29 is 19.1 Å². The van der Waals surface area contributed by atoms with E-state index >= 15 is 0 Å². The summed E-state index contributed by atoms with van der Waals surface area (Å²) >= 11 is 0. The molecule has 29 heavy (non-hydrogen) atoms. The summed E-state index contributed by atoms with van der Waals surface area (Å²) in [6.07, 6.45) is 4.46. The largest absolute Gasteiger partial charge is 0.430 e. The number of likely N-dealkylation sites (N-methyl/N-ethyl adjacent to an activating group) is 1. The summed E-state index contributed by atoms with van der Waals surface area (Å²) in [6.45, 7) is 2.40. The molecule has 0 bridgehead atoms. The number of anilines is 1. The van der Waals surface area contributed by atoms with E-state index in [1.165, 1.54) is 11.0 Å². The van der Waals surface area contributed by atoms with Crippen LogP contribution in [0, 0.1) is 0 Å². The molecule has 1 unspecified atom stereocenters. The number of unbranched alkanes of at least 4 members (excludes halogenated alkanes) is 1. The Hall–Kier alpha value is -3.41. The Balaban J connectivity index is 1.94. The van der Waals surface area contributed by atoms with Gasteiger partial charge in [0.15, 0.2) is 0 Å². The third kappa shape index (κ3) is 3.92. The molecular weight excluding hydrogens is 368 g/mol. The quantitative estimate of drug-likeness (QED) is 0.340. The van der Waals surface area contributed by atoms with E-state index < -0.39 is 23.4 Å². The van der Waals surface area contributed by atoms with Crippen LogP contribution in [0.2, 0.25) is 0 Å². The number of ether oxygens (including phenoxy) is 1. The fraction of sp³-hybridized carbons (Fsp3) is 0.261. The van der Waals surface area contributed by atoms with Crippen molar-refractivity contribution in [2.75, 3.05) is 18.5 Å². The summed E-state index contributed by atoms with van der Waals surface area (Å²) in [5.41, 5.74) is -0.316. The third-order valence-corrected chi connectivity index (χ3v) is 4.85. The lowest BCUT2D eigenvalue weighted by atomic mass is 9.93. The lowest BCUT2D eigenvalue weighted by Gasteiger charge is -2.26. The van der Waals surface area contributed by atoms with Crippen LogP contribution in [0.4, 0.5) is 5.69 Å². The first-order chi connectivity index (χ1) is 14.0. The molecule has 1 heterocycles. The summed E-state index contributed by atoms with van der Waals surface area (Å²) in [4.78, 5) is 40.2. The molecular formula is C23H24N2O4. The van der Waals surface area contributed by atoms with Crippen LogP contribution in [0.3, 0.4) is 0 Å². The van der Waals surface area contributed by atoms with Crippen LogP contribution < -0.4 is 10.2 Å². The summed E-state index contributed by atoms with van der Waals surface area (Å²) < 4.78 is 5.59. The zero-order chi connectivity index (χ0) is 20.9. The highest BCUT2D eigenvalue weighted by Crippen LogP contribution is 2.42. The van der Waals surface area contributed by atoms with Gasteiger partial charge in [-0.05, 0) is 24.1 Å². The van der Waals surface area contributed by atoms with Crippen LogP contribution in [-0.2, 0) is 24.7 Å². The topological polar surface area (TPSA) is 75.7 Å². The molecule has 0 spiro atoms. The van der Waals surface area contributed by atoms with Crippen molar-refractivity contribution in [2.45, 2.75) is 25.4 Å². The number of carbonyl (C=O) groups is 3. The predicted octanol–water partition coefficient (Wildman–Crippen LogP) is 3.03. The van der Waals surface area contributed by atoms with Crippen molar-refractivity contribution in [3.05, 3.63) is 71.8 Å². The molecule has 2 aromatic carbocycles. The molecule has 0 saturated carbocycles. The first kappa shape index (κ1) is 20.3. The lowest BCUT2D eigenvalue weighted by molar-refractivity contribution is -0.170. The highest BCUT2D eigenvalue weighted by atomic mass is 16.6. The van der Waals surface area contributed by atoms with Gasteiger partial charge in [0.2, 0.25) is 0 Å². The highest BCUT2D eigenvalue weighted by molar-refractivity contribution is 6.21. The molecule has 3 rings (SSSR count). The first-order valence-electron chi connectivity index (χ1n) is 9.62. The lowest BCUT2D eigenvalue weighted by Crippen LogP contribution is -2.53. The molecule has 1 atom stereocenters. The molecule has 0 saturated heterocycles. The zero-order valence-electron chi connectivity index (χ0n) is 16.6. The molecule has 1 N–H and O–H groups in total. The number of carbonyl (C=O) groups excluding carboxylic acids is 3. The SMILES string of the molecule is CCCCNC(=O)C1(OC(=O)/C=C/c2ccccc2)C(=O)N(C)c2ccccc21. The Labute approximate surface area is 170 Å². The Morgan fingerprint density at radius 3 is 2.52 bits per heavy atom. The van der Waals surface area contributed by atoms with Gasteiger partial charge < -0.3 is 15.0 Å². The number of amides is 2. The maximum atomic E-state index is 13.1. The van der Waals surface area contributed by atoms with Gasteiger partial charge in [-0.2, -0.15) is 0 Å². The van der Waals surface area contributed by atoms with Crippen molar-refractivity contribution >= 4 is 29.5 Å². The Morgan fingerprint density at radius 2 is 1.79 bits per heavy atom. The molecule has 1 aliphatic heterocycles. The van der Waals surface area contributed by atoms with Gasteiger partial charge in [0.1, 0.15) is 0 Å². The molecule has 6 nitrogen and oxygen atoms in total. The van der Waals surface area contributed by atoms with Crippen molar-refractivity contribution in [2.24, 2.45) is 0 Å². The molecule has 0 radical (unpaired) electrons. The van der Waals surface area contributed by atoms with Crippen LogP contribution >= 0.6 is 0 Å². The molecule has 0 aliphatic carbocycles. The number of nitrogens with zero attached hydrogens (tertiary/aromatic N) is 1. The Bertz CT molecular complexity index is 939. The van der Waals surface area contributed by atoms with Crippen LogP contribution in [-0.4, -0.2) is 31.4 Å². The second kappa shape index (κ2) is 8.73. The zero-order valence-corrected chi connectivity index (χ0v) is 16.6. The van der Waals surface area contributed by atoms with E-state index in [1.54, 1.807) is 37.4 Å². The minimum absolute atomic E-state index is 0.364. The van der Waals surface area contributed by atoms with E-state index in [0.717, 1.165) is 18.4 Å². The van der Waals surface area contributed by atoms with Crippen LogP contribution in [0.15, 0.2) is 60.7 Å². The van der Waals surface area contributed by atoms with Crippen LogP contribution in [0.25, 0.3) is 6.08 Å². The number of fused-ring (bicyclic) bond motifs is 1. The number of para-hydroxylation sites is 1. The van der Waals surface area contributed by atoms with Gasteiger partial charge in [-0.1, -0.05) is 61.9 Å². The van der Waals surface area contributed by atoms with Crippen molar-refractivity contribution in [3.8, 4) is 0 Å². The monoisotopic (exact) mass is 392 g/mol. The van der Waals surface area contributed by atoms with Crippen molar-refractivity contribution in [1.82, 2.24) is 5.32 Å². The normalized spacial score (nSPS) is 18.0. The number of benzene rings is 2. The van der Waals surface area contributed by atoms with E-state index in [9.17, 15) is 14.4 Å². The van der Waals surface area contributed by atoms with E-state index in [1.807, 2.05) is 37.3 Å². The minimum atomic E-state index is -2.03.